The highest BCUT2D eigenvalue weighted by Gasteiger charge is 2.20. The van der Waals surface area contributed by atoms with Crippen LogP contribution in [0.4, 0.5) is 13.9 Å². The van der Waals surface area contributed by atoms with E-state index in [0.717, 1.165) is 16.9 Å². The summed E-state index contributed by atoms with van der Waals surface area (Å²) in [6.07, 6.45) is 0. The van der Waals surface area contributed by atoms with Crippen LogP contribution in [0, 0.1) is 11.6 Å². The van der Waals surface area contributed by atoms with Gasteiger partial charge >= 0.3 is 0 Å². The van der Waals surface area contributed by atoms with E-state index in [1.165, 1.54) is 14.2 Å². The van der Waals surface area contributed by atoms with Gasteiger partial charge in [0.05, 0.1) is 19.9 Å². The average Bonchev–Trinajstić information content (AvgIpc) is 3.08. The number of hydrogen-bond donors (Lipinski definition) is 2. The number of phenols is 1. The van der Waals surface area contributed by atoms with Crippen molar-refractivity contribution in [2.45, 2.75) is 0 Å². The van der Waals surface area contributed by atoms with Gasteiger partial charge in [0.2, 0.25) is 0 Å². The van der Waals surface area contributed by atoms with Crippen LogP contribution in [0.15, 0.2) is 35.7 Å². The second kappa shape index (κ2) is 7.58. The van der Waals surface area contributed by atoms with Gasteiger partial charge in [-0.1, -0.05) is 0 Å². The Hall–Kier alpha value is -3.20. The molecule has 0 saturated carbocycles. The Bertz CT molecular complexity index is 984. The Morgan fingerprint density at radius 1 is 1.15 bits per heavy atom. The van der Waals surface area contributed by atoms with Gasteiger partial charge in [0, 0.05) is 23.1 Å². The monoisotopic (exact) mass is 392 g/mol. The molecular weight excluding hydrogens is 378 g/mol. The van der Waals surface area contributed by atoms with Crippen LogP contribution >= 0.6 is 11.3 Å². The normalized spacial score (nSPS) is 10.5. The fraction of sp³-hybridized carbons (Fsp3) is 0.111. The van der Waals surface area contributed by atoms with Crippen LogP contribution in [0.5, 0.6) is 17.2 Å². The van der Waals surface area contributed by atoms with Crippen molar-refractivity contribution >= 4 is 22.4 Å². The molecule has 0 aliphatic heterocycles. The SMILES string of the molecule is COc1ccc(-c2csc(NC(=O)c3c(O)cc(F)cc3F)n2)cc1OC. The van der Waals surface area contributed by atoms with Crippen molar-refractivity contribution in [1.82, 2.24) is 4.98 Å². The number of methoxy groups -OCH3 is 2. The summed E-state index contributed by atoms with van der Waals surface area (Å²) in [6, 6.07) is 6.40. The molecule has 2 aromatic carbocycles. The van der Waals surface area contributed by atoms with Gasteiger partial charge in [-0.05, 0) is 18.2 Å². The first-order chi connectivity index (χ1) is 12.9. The number of phenolic OH excluding ortho intramolecular Hbond substituents is 1. The minimum Gasteiger partial charge on any atom is -0.507 e. The molecule has 1 heterocycles. The van der Waals surface area contributed by atoms with Gasteiger partial charge in [-0.25, -0.2) is 13.8 Å². The Morgan fingerprint density at radius 2 is 1.89 bits per heavy atom. The third-order valence-electron chi connectivity index (χ3n) is 3.67. The summed E-state index contributed by atoms with van der Waals surface area (Å²) >= 11 is 1.11. The molecule has 1 amide bonds. The van der Waals surface area contributed by atoms with Crippen molar-refractivity contribution in [1.29, 1.82) is 0 Å². The number of benzene rings is 2. The summed E-state index contributed by atoms with van der Waals surface area (Å²) < 4.78 is 37.3. The minimum atomic E-state index is -1.17. The van der Waals surface area contributed by atoms with Crippen molar-refractivity contribution in [3.8, 4) is 28.5 Å². The number of anilines is 1. The molecule has 3 aromatic rings. The van der Waals surface area contributed by atoms with Crippen LogP contribution in [0.2, 0.25) is 0 Å². The molecule has 0 aliphatic carbocycles. The number of ether oxygens (including phenoxy) is 2. The topological polar surface area (TPSA) is 80.7 Å². The lowest BCUT2D eigenvalue weighted by Crippen LogP contribution is -2.14. The smallest absolute Gasteiger partial charge is 0.264 e. The lowest BCUT2D eigenvalue weighted by Gasteiger charge is -2.08. The van der Waals surface area contributed by atoms with Crippen molar-refractivity contribution in [2.24, 2.45) is 0 Å². The van der Waals surface area contributed by atoms with E-state index < -0.39 is 28.9 Å². The maximum absolute atomic E-state index is 13.8. The predicted octanol–water partition coefficient (Wildman–Crippen LogP) is 4.06. The first kappa shape index (κ1) is 18.6. The quantitative estimate of drug-likeness (QED) is 0.684. The second-order valence-corrected chi connectivity index (χ2v) is 6.20. The maximum atomic E-state index is 13.8. The van der Waals surface area contributed by atoms with Gasteiger partial charge in [-0.2, -0.15) is 0 Å². The Labute approximate surface area is 157 Å². The molecule has 6 nitrogen and oxygen atoms in total. The summed E-state index contributed by atoms with van der Waals surface area (Å²) in [5, 5.41) is 13.9. The van der Waals surface area contributed by atoms with Gasteiger partial charge in [0.15, 0.2) is 16.6 Å². The van der Waals surface area contributed by atoms with E-state index >= 15 is 0 Å². The molecule has 0 unspecified atom stereocenters. The van der Waals surface area contributed by atoms with Gasteiger partial charge in [0.1, 0.15) is 22.9 Å². The summed E-state index contributed by atoms with van der Waals surface area (Å²) in [6.45, 7) is 0. The average molecular weight is 392 g/mol. The highest BCUT2D eigenvalue weighted by atomic mass is 32.1. The summed E-state index contributed by atoms with van der Waals surface area (Å²) in [5.74, 6) is -2.78. The fourth-order valence-electron chi connectivity index (χ4n) is 2.40. The number of nitrogens with zero attached hydrogens (tertiary/aromatic N) is 1. The van der Waals surface area contributed by atoms with Crippen molar-refractivity contribution in [3.63, 3.8) is 0 Å². The molecule has 0 bridgehead atoms. The Morgan fingerprint density at radius 3 is 2.56 bits per heavy atom. The molecule has 0 saturated heterocycles. The van der Waals surface area contributed by atoms with Crippen LogP contribution in [0.3, 0.4) is 0 Å². The maximum Gasteiger partial charge on any atom is 0.264 e. The predicted molar refractivity (Wildman–Crippen MR) is 96.6 cm³/mol. The zero-order chi connectivity index (χ0) is 19.6. The van der Waals surface area contributed by atoms with Gasteiger partial charge < -0.3 is 14.6 Å². The number of amides is 1. The number of aromatic nitrogens is 1. The molecule has 3 rings (SSSR count). The number of aromatic hydroxyl groups is 1. The van der Waals surface area contributed by atoms with Crippen LogP contribution in [0.1, 0.15) is 10.4 Å². The molecule has 140 valence electrons. The molecule has 9 heteroatoms. The molecular formula is C18H14F2N2O4S. The number of thiazole rings is 1. The minimum absolute atomic E-state index is 0.188. The zero-order valence-corrected chi connectivity index (χ0v) is 15.1. The van der Waals surface area contributed by atoms with Gasteiger partial charge in [0.25, 0.3) is 5.91 Å². The van der Waals surface area contributed by atoms with Crippen molar-refractivity contribution in [3.05, 3.63) is 52.9 Å². The van der Waals surface area contributed by atoms with Crippen LogP contribution < -0.4 is 14.8 Å². The molecule has 0 radical (unpaired) electrons. The number of rotatable bonds is 5. The number of hydrogen-bond acceptors (Lipinski definition) is 6. The summed E-state index contributed by atoms with van der Waals surface area (Å²) in [4.78, 5) is 16.5. The Kier molecular flexibility index (Phi) is 5.22. The van der Waals surface area contributed by atoms with E-state index in [-0.39, 0.29) is 5.13 Å². The molecule has 0 spiro atoms. The number of carbonyl (C=O) groups is 1. The highest BCUT2D eigenvalue weighted by molar-refractivity contribution is 7.14. The number of halogens is 2. The Balaban J connectivity index is 1.84. The van der Waals surface area contributed by atoms with E-state index in [4.69, 9.17) is 9.47 Å². The van der Waals surface area contributed by atoms with E-state index in [9.17, 15) is 18.7 Å². The van der Waals surface area contributed by atoms with Crippen molar-refractivity contribution < 1.29 is 28.2 Å². The van der Waals surface area contributed by atoms with Crippen LogP contribution in [-0.4, -0.2) is 30.2 Å². The van der Waals surface area contributed by atoms with E-state index in [0.29, 0.717) is 29.3 Å². The lowest BCUT2D eigenvalue weighted by atomic mass is 10.1. The van der Waals surface area contributed by atoms with Crippen LogP contribution in [0.25, 0.3) is 11.3 Å². The second-order valence-electron chi connectivity index (χ2n) is 5.34. The molecule has 0 fully saturated rings. The molecule has 0 atom stereocenters. The standard InChI is InChI=1S/C18H14F2N2O4S/c1-25-14-4-3-9(5-15(14)26-2)12-8-27-18(21-12)22-17(24)16-11(20)6-10(19)7-13(16)23/h3-8,23H,1-2H3,(H,21,22,24). The first-order valence-corrected chi connectivity index (χ1v) is 8.48. The van der Waals surface area contributed by atoms with Crippen molar-refractivity contribution in [2.75, 3.05) is 19.5 Å². The third kappa shape index (κ3) is 3.82. The zero-order valence-electron chi connectivity index (χ0n) is 14.2. The van der Waals surface area contributed by atoms with E-state index in [1.54, 1.807) is 23.6 Å². The molecule has 1 aromatic heterocycles. The number of nitrogens with one attached hydrogen (secondary N) is 1. The summed E-state index contributed by atoms with van der Waals surface area (Å²) in [7, 11) is 3.04. The first-order valence-electron chi connectivity index (χ1n) is 7.60. The van der Waals surface area contributed by atoms with E-state index in [2.05, 4.69) is 10.3 Å². The molecule has 27 heavy (non-hydrogen) atoms. The highest BCUT2D eigenvalue weighted by Crippen LogP contribution is 2.33. The molecule has 2 N–H and O–H groups in total. The lowest BCUT2D eigenvalue weighted by molar-refractivity contribution is 0.102. The van der Waals surface area contributed by atoms with Crippen LogP contribution in [-0.2, 0) is 0 Å². The fourth-order valence-corrected chi connectivity index (χ4v) is 3.12. The van der Waals surface area contributed by atoms with Gasteiger partial charge in [-0.3, -0.25) is 10.1 Å². The summed E-state index contributed by atoms with van der Waals surface area (Å²) in [5.41, 5.74) is 0.625. The third-order valence-corrected chi connectivity index (χ3v) is 4.42. The van der Waals surface area contributed by atoms with E-state index in [1.807, 2.05) is 0 Å². The van der Waals surface area contributed by atoms with Gasteiger partial charge in [-0.15, -0.1) is 11.3 Å². The number of carbonyl (C=O) groups excluding carboxylic acids is 1. The largest absolute Gasteiger partial charge is 0.507 e. The molecule has 0 aliphatic rings.